The highest BCUT2D eigenvalue weighted by molar-refractivity contribution is 7.07. The van der Waals surface area contributed by atoms with Crippen LogP contribution in [0, 0.1) is 0 Å². The Bertz CT molecular complexity index is 394. The summed E-state index contributed by atoms with van der Waals surface area (Å²) in [5, 5.41) is 13.3. The van der Waals surface area contributed by atoms with Gasteiger partial charge in [-0.2, -0.15) is 0 Å². The molecular formula is C11H17N3O3S. The second kappa shape index (κ2) is 6.95. The van der Waals surface area contributed by atoms with Crippen molar-refractivity contribution in [3.63, 3.8) is 0 Å². The van der Waals surface area contributed by atoms with Gasteiger partial charge in [-0.25, -0.2) is 14.6 Å². The van der Waals surface area contributed by atoms with Crippen LogP contribution in [0.2, 0.25) is 0 Å². The van der Waals surface area contributed by atoms with Crippen LogP contribution in [0.1, 0.15) is 25.5 Å². The fourth-order valence-electron chi connectivity index (χ4n) is 1.44. The van der Waals surface area contributed by atoms with Gasteiger partial charge < -0.3 is 15.3 Å². The molecule has 1 unspecified atom stereocenters. The van der Waals surface area contributed by atoms with E-state index in [0.717, 1.165) is 5.69 Å². The fourth-order valence-corrected chi connectivity index (χ4v) is 1.99. The summed E-state index contributed by atoms with van der Waals surface area (Å²) in [5.41, 5.74) is 2.48. The maximum Gasteiger partial charge on any atom is 0.326 e. The molecule has 100 valence electrons. The van der Waals surface area contributed by atoms with Crippen LogP contribution >= 0.6 is 11.3 Å². The lowest BCUT2D eigenvalue weighted by atomic mass is 10.2. The van der Waals surface area contributed by atoms with E-state index >= 15 is 0 Å². The number of nitrogens with zero attached hydrogens (tertiary/aromatic N) is 2. The number of carbonyl (C=O) groups excluding carboxylic acids is 1. The first-order valence-electron chi connectivity index (χ1n) is 5.66. The SMILES string of the molecule is CCCC(NC(=O)N(C)Cc1cscn1)C(=O)O. The van der Waals surface area contributed by atoms with Gasteiger partial charge in [0, 0.05) is 12.4 Å². The first kappa shape index (κ1) is 14.4. The second-order valence-corrected chi connectivity index (χ2v) is 4.68. The first-order chi connectivity index (χ1) is 8.54. The number of carboxylic acid groups (broad SMARTS) is 1. The molecule has 1 rings (SSSR count). The molecular weight excluding hydrogens is 254 g/mol. The molecule has 0 aliphatic carbocycles. The molecule has 0 saturated heterocycles. The van der Waals surface area contributed by atoms with Gasteiger partial charge in [0.2, 0.25) is 0 Å². The topological polar surface area (TPSA) is 82.5 Å². The minimum absolute atomic E-state index is 0.369. The summed E-state index contributed by atoms with van der Waals surface area (Å²) in [5.74, 6) is -1.01. The molecule has 7 heteroatoms. The van der Waals surface area contributed by atoms with Crippen molar-refractivity contribution in [1.29, 1.82) is 0 Å². The number of carboxylic acids is 1. The van der Waals surface area contributed by atoms with Gasteiger partial charge in [0.1, 0.15) is 6.04 Å². The van der Waals surface area contributed by atoms with Gasteiger partial charge in [0.15, 0.2) is 0 Å². The molecule has 0 saturated carbocycles. The third-order valence-corrected chi connectivity index (χ3v) is 3.04. The van der Waals surface area contributed by atoms with Crippen molar-refractivity contribution in [3.05, 3.63) is 16.6 Å². The Morgan fingerprint density at radius 1 is 1.61 bits per heavy atom. The van der Waals surface area contributed by atoms with Gasteiger partial charge in [-0.15, -0.1) is 11.3 Å². The Labute approximate surface area is 110 Å². The normalized spacial score (nSPS) is 11.9. The van der Waals surface area contributed by atoms with E-state index < -0.39 is 18.0 Å². The Hall–Kier alpha value is -1.63. The molecule has 18 heavy (non-hydrogen) atoms. The van der Waals surface area contributed by atoms with Crippen molar-refractivity contribution in [2.75, 3.05) is 7.05 Å². The minimum Gasteiger partial charge on any atom is -0.480 e. The zero-order chi connectivity index (χ0) is 13.5. The maximum absolute atomic E-state index is 11.8. The van der Waals surface area contributed by atoms with Gasteiger partial charge >= 0.3 is 12.0 Å². The van der Waals surface area contributed by atoms with Crippen LogP contribution in [-0.4, -0.2) is 40.1 Å². The number of rotatable bonds is 6. The molecule has 0 aromatic carbocycles. The number of thiazole rings is 1. The average Bonchev–Trinajstić information content (AvgIpc) is 2.80. The van der Waals surface area contributed by atoms with Crippen LogP contribution in [0.25, 0.3) is 0 Å². The highest BCUT2D eigenvalue weighted by Crippen LogP contribution is 2.05. The van der Waals surface area contributed by atoms with Crippen LogP contribution in [0.4, 0.5) is 4.79 Å². The molecule has 1 heterocycles. The molecule has 0 fully saturated rings. The molecule has 0 spiro atoms. The number of urea groups is 1. The largest absolute Gasteiger partial charge is 0.480 e. The van der Waals surface area contributed by atoms with E-state index in [2.05, 4.69) is 10.3 Å². The Kier molecular flexibility index (Phi) is 5.57. The second-order valence-electron chi connectivity index (χ2n) is 3.96. The molecule has 0 aliphatic heterocycles. The lowest BCUT2D eigenvalue weighted by Gasteiger charge is -2.20. The van der Waals surface area contributed by atoms with Crippen molar-refractivity contribution in [1.82, 2.24) is 15.2 Å². The monoisotopic (exact) mass is 271 g/mol. The molecule has 1 atom stereocenters. The standard InChI is InChI=1S/C11H17N3O3S/c1-3-4-9(10(15)16)13-11(17)14(2)5-8-6-18-7-12-8/h6-7,9H,3-5H2,1-2H3,(H,13,17)(H,15,16). The molecule has 0 bridgehead atoms. The molecule has 0 aliphatic rings. The summed E-state index contributed by atoms with van der Waals surface area (Å²) in [4.78, 5) is 28.2. The highest BCUT2D eigenvalue weighted by atomic mass is 32.1. The van der Waals surface area contributed by atoms with Crippen LogP contribution in [0.5, 0.6) is 0 Å². The Morgan fingerprint density at radius 2 is 2.33 bits per heavy atom. The number of nitrogens with one attached hydrogen (secondary N) is 1. The van der Waals surface area contributed by atoms with Crippen LogP contribution in [-0.2, 0) is 11.3 Å². The summed E-state index contributed by atoms with van der Waals surface area (Å²) >= 11 is 1.46. The van der Waals surface area contributed by atoms with E-state index in [0.29, 0.717) is 19.4 Å². The van der Waals surface area contributed by atoms with E-state index in [9.17, 15) is 9.59 Å². The summed E-state index contributed by atoms with van der Waals surface area (Å²) in [7, 11) is 1.61. The number of aromatic nitrogens is 1. The smallest absolute Gasteiger partial charge is 0.326 e. The molecule has 2 amide bonds. The van der Waals surface area contributed by atoms with Crippen LogP contribution in [0.15, 0.2) is 10.9 Å². The number of amides is 2. The van der Waals surface area contributed by atoms with Gasteiger partial charge in [-0.1, -0.05) is 13.3 Å². The van der Waals surface area contributed by atoms with E-state index in [1.54, 1.807) is 12.6 Å². The van der Waals surface area contributed by atoms with Crippen LogP contribution in [0.3, 0.4) is 0 Å². The third-order valence-electron chi connectivity index (χ3n) is 2.40. The predicted octanol–water partition coefficient (Wildman–Crippen LogP) is 1.54. The first-order valence-corrected chi connectivity index (χ1v) is 6.60. The third kappa shape index (κ3) is 4.33. The van der Waals surface area contributed by atoms with Crippen molar-refractivity contribution in [2.24, 2.45) is 0 Å². The van der Waals surface area contributed by atoms with E-state index in [4.69, 9.17) is 5.11 Å². The number of carbonyl (C=O) groups is 2. The molecule has 0 radical (unpaired) electrons. The summed E-state index contributed by atoms with van der Waals surface area (Å²) in [6.07, 6.45) is 1.12. The lowest BCUT2D eigenvalue weighted by molar-refractivity contribution is -0.139. The Balaban J connectivity index is 2.50. The van der Waals surface area contributed by atoms with Gasteiger partial charge in [0.05, 0.1) is 17.7 Å². The number of hydrogen-bond acceptors (Lipinski definition) is 4. The van der Waals surface area contributed by atoms with Crippen molar-refractivity contribution in [3.8, 4) is 0 Å². The number of aliphatic carboxylic acids is 1. The van der Waals surface area contributed by atoms with Crippen molar-refractivity contribution >= 4 is 23.3 Å². The van der Waals surface area contributed by atoms with Crippen molar-refractivity contribution in [2.45, 2.75) is 32.4 Å². The zero-order valence-electron chi connectivity index (χ0n) is 10.4. The van der Waals surface area contributed by atoms with Gasteiger partial charge in [-0.05, 0) is 6.42 Å². The molecule has 2 N–H and O–H groups in total. The van der Waals surface area contributed by atoms with E-state index in [1.165, 1.54) is 16.2 Å². The quantitative estimate of drug-likeness (QED) is 0.822. The lowest BCUT2D eigenvalue weighted by Crippen LogP contribution is -2.46. The molecule has 6 nitrogen and oxygen atoms in total. The molecule has 1 aromatic rings. The minimum atomic E-state index is -1.01. The number of hydrogen-bond donors (Lipinski definition) is 2. The van der Waals surface area contributed by atoms with Gasteiger partial charge in [-0.3, -0.25) is 0 Å². The van der Waals surface area contributed by atoms with Crippen LogP contribution < -0.4 is 5.32 Å². The molecule has 1 aromatic heterocycles. The summed E-state index contributed by atoms with van der Waals surface area (Å²) in [6, 6.07) is -1.23. The fraction of sp³-hybridized carbons (Fsp3) is 0.545. The van der Waals surface area contributed by atoms with E-state index in [-0.39, 0.29) is 0 Å². The zero-order valence-corrected chi connectivity index (χ0v) is 11.2. The summed E-state index contributed by atoms with van der Waals surface area (Å²) < 4.78 is 0. The van der Waals surface area contributed by atoms with Gasteiger partial charge in [0.25, 0.3) is 0 Å². The summed E-state index contributed by atoms with van der Waals surface area (Å²) in [6.45, 7) is 2.24. The predicted molar refractivity (Wildman–Crippen MR) is 68.4 cm³/mol. The van der Waals surface area contributed by atoms with Crippen molar-refractivity contribution < 1.29 is 14.7 Å². The maximum atomic E-state index is 11.8. The van der Waals surface area contributed by atoms with E-state index in [1.807, 2.05) is 12.3 Å². The highest BCUT2D eigenvalue weighted by Gasteiger charge is 2.20. The average molecular weight is 271 g/mol. The Morgan fingerprint density at radius 3 is 2.83 bits per heavy atom.